The second-order valence-corrected chi connectivity index (χ2v) is 8.52. The van der Waals surface area contributed by atoms with E-state index in [-0.39, 0.29) is 17.1 Å². The summed E-state index contributed by atoms with van der Waals surface area (Å²) in [6.45, 7) is 0.603. The molecule has 3 aromatic rings. The van der Waals surface area contributed by atoms with Crippen LogP contribution in [0.15, 0.2) is 48.2 Å². The molecule has 1 spiro atoms. The van der Waals surface area contributed by atoms with Crippen molar-refractivity contribution in [3.05, 3.63) is 65.0 Å². The molecule has 2 fully saturated rings. The van der Waals surface area contributed by atoms with Gasteiger partial charge in [-0.25, -0.2) is 0 Å². The average molecular weight is 430 g/mol. The first-order valence-corrected chi connectivity index (χ1v) is 10.5. The minimum absolute atomic E-state index is 0.0423. The van der Waals surface area contributed by atoms with E-state index in [1.54, 1.807) is 38.4 Å². The van der Waals surface area contributed by atoms with E-state index >= 15 is 0 Å². The Labute approximate surface area is 184 Å². The van der Waals surface area contributed by atoms with Gasteiger partial charge in [0, 0.05) is 34.7 Å². The van der Waals surface area contributed by atoms with Gasteiger partial charge in [0.05, 0.1) is 26.8 Å². The number of hydrogen-bond donors (Lipinski definition) is 1. The molecule has 2 unspecified atom stereocenters. The molecule has 0 radical (unpaired) electrons. The van der Waals surface area contributed by atoms with Crippen molar-refractivity contribution in [2.75, 3.05) is 27.9 Å². The fraction of sp³-hybridized carbons (Fsp3) is 0.280. The molecule has 1 saturated heterocycles. The molecule has 2 aliphatic carbocycles. The molecule has 3 aliphatic rings. The van der Waals surface area contributed by atoms with Crippen molar-refractivity contribution in [3.63, 3.8) is 0 Å². The number of piperidine rings is 1. The Hall–Kier alpha value is -3.74. The predicted molar refractivity (Wildman–Crippen MR) is 118 cm³/mol. The molecular formula is C25H22N2O5. The fourth-order valence-corrected chi connectivity index (χ4v) is 5.58. The Morgan fingerprint density at radius 2 is 1.88 bits per heavy atom. The number of fused-ring (bicyclic) bond motifs is 2. The minimum atomic E-state index is -0.212. The molecule has 32 heavy (non-hydrogen) atoms. The molecule has 2 heterocycles. The van der Waals surface area contributed by atoms with Crippen LogP contribution in [0, 0.1) is 5.92 Å². The molecule has 7 nitrogen and oxygen atoms in total. The molecule has 1 amide bonds. The quantitative estimate of drug-likeness (QED) is 0.683. The van der Waals surface area contributed by atoms with Crippen molar-refractivity contribution >= 4 is 22.6 Å². The average Bonchev–Trinajstić information content (AvgIpc) is 3.20. The number of likely N-dealkylation sites (tertiary alicyclic amines) is 1. The third-order valence-electron chi connectivity index (χ3n) is 7.09. The number of hydrogen-bond acceptors (Lipinski definition) is 5. The molecule has 2 atom stereocenters. The van der Waals surface area contributed by atoms with Gasteiger partial charge in [-0.15, -0.1) is 0 Å². The number of allylic oxidation sites excluding steroid dienone is 2. The summed E-state index contributed by atoms with van der Waals surface area (Å²) in [7, 11) is 4.65. The molecule has 2 aromatic carbocycles. The topological polar surface area (TPSA) is 80.9 Å². The van der Waals surface area contributed by atoms with Crippen LogP contribution in [0.3, 0.4) is 0 Å². The van der Waals surface area contributed by atoms with Crippen LogP contribution in [0.25, 0.3) is 10.9 Å². The van der Waals surface area contributed by atoms with Gasteiger partial charge < -0.3 is 24.1 Å². The summed E-state index contributed by atoms with van der Waals surface area (Å²) in [4.78, 5) is 31.4. The van der Waals surface area contributed by atoms with E-state index in [1.165, 1.54) is 0 Å². The van der Waals surface area contributed by atoms with Crippen LogP contribution in [-0.2, 0) is 5.41 Å². The number of ether oxygens (including phenoxy) is 3. The van der Waals surface area contributed by atoms with Gasteiger partial charge in [-0.05, 0) is 30.0 Å². The van der Waals surface area contributed by atoms with Crippen molar-refractivity contribution in [2.45, 2.75) is 11.8 Å². The highest BCUT2D eigenvalue weighted by Crippen LogP contribution is 2.66. The lowest BCUT2D eigenvalue weighted by Crippen LogP contribution is -2.33. The normalized spacial score (nSPS) is 22.7. The second-order valence-electron chi connectivity index (χ2n) is 8.52. The SMILES string of the molecule is COc1cc2cc(C(=O)N3CC4CC45C3=CC(=O)c3ccccc35)[nH]c2c(OC)c1OC. The molecule has 162 valence electrons. The first-order chi connectivity index (χ1) is 15.5. The summed E-state index contributed by atoms with van der Waals surface area (Å²) in [6.07, 6.45) is 2.63. The van der Waals surface area contributed by atoms with Crippen LogP contribution in [0.5, 0.6) is 17.2 Å². The Balaban J connectivity index is 1.43. The summed E-state index contributed by atoms with van der Waals surface area (Å²) < 4.78 is 16.4. The zero-order valence-corrected chi connectivity index (χ0v) is 18.0. The molecule has 1 N–H and O–H groups in total. The van der Waals surface area contributed by atoms with Gasteiger partial charge in [0.1, 0.15) is 5.69 Å². The van der Waals surface area contributed by atoms with Gasteiger partial charge in [-0.2, -0.15) is 0 Å². The maximum Gasteiger partial charge on any atom is 0.274 e. The number of nitrogens with zero attached hydrogens (tertiary/aromatic N) is 1. The summed E-state index contributed by atoms with van der Waals surface area (Å²) in [5, 5.41) is 0.779. The van der Waals surface area contributed by atoms with Crippen LogP contribution >= 0.6 is 0 Å². The van der Waals surface area contributed by atoms with E-state index in [0.717, 1.165) is 28.6 Å². The summed E-state index contributed by atoms with van der Waals surface area (Å²) >= 11 is 0. The zero-order valence-electron chi connectivity index (χ0n) is 18.0. The number of amides is 1. The number of ketones is 1. The molecule has 0 bridgehead atoms. The van der Waals surface area contributed by atoms with Gasteiger partial charge in [-0.1, -0.05) is 24.3 Å². The molecule has 1 aliphatic heterocycles. The third-order valence-corrected chi connectivity index (χ3v) is 7.09. The number of rotatable bonds is 4. The van der Waals surface area contributed by atoms with Crippen molar-refractivity contribution in [3.8, 4) is 17.2 Å². The fourth-order valence-electron chi connectivity index (χ4n) is 5.58. The smallest absolute Gasteiger partial charge is 0.274 e. The lowest BCUT2D eigenvalue weighted by atomic mass is 9.81. The number of methoxy groups -OCH3 is 3. The van der Waals surface area contributed by atoms with E-state index in [9.17, 15) is 9.59 Å². The number of aromatic nitrogens is 1. The van der Waals surface area contributed by atoms with E-state index < -0.39 is 0 Å². The van der Waals surface area contributed by atoms with E-state index in [2.05, 4.69) is 4.98 Å². The predicted octanol–water partition coefficient (Wildman–Crippen LogP) is 3.69. The lowest BCUT2D eigenvalue weighted by molar-refractivity contribution is 0.0806. The van der Waals surface area contributed by atoms with Gasteiger partial charge in [0.15, 0.2) is 17.3 Å². The maximum atomic E-state index is 13.6. The number of benzene rings is 2. The van der Waals surface area contributed by atoms with Crippen LogP contribution in [0.1, 0.15) is 32.8 Å². The van der Waals surface area contributed by atoms with E-state index in [0.29, 0.717) is 40.9 Å². The summed E-state index contributed by atoms with van der Waals surface area (Å²) in [5.41, 5.74) is 3.50. The summed E-state index contributed by atoms with van der Waals surface area (Å²) in [6, 6.07) is 11.4. The van der Waals surface area contributed by atoms with Crippen molar-refractivity contribution in [1.29, 1.82) is 0 Å². The van der Waals surface area contributed by atoms with E-state index in [4.69, 9.17) is 14.2 Å². The second kappa shape index (κ2) is 6.38. The van der Waals surface area contributed by atoms with Gasteiger partial charge in [0.2, 0.25) is 5.75 Å². The van der Waals surface area contributed by atoms with Crippen LogP contribution < -0.4 is 14.2 Å². The molecule has 7 heteroatoms. The molecule has 1 aromatic heterocycles. The van der Waals surface area contributed by atoms with Crippen LogP contribution in [-0.4, -0.2) is 49.4 Å². The number of carbonyl (C=O) groups excluding carboxylic acids is 2. The summed E-state index contributed by atoms with van der Waals surface area (Å²) in [5.74, 6) is 1.59. The van der Waals surface area contributed by atoms with Crippen molar-refractivity contribution in [2.24, 2.45) is 5.92 Å². The standard InChI is InChI=1S/C25H22N2O5/c1-30-19-9-13-8-17(26-21(13)23(32-3)22(19)31-2)24(29)27-12-14-11-25(14)16-7-5-4-6-15(16)18(28)10-20(25)27/h4-10,14,26H,11-12H2,1-3H3. The number of aromatic amines is 1. The van der Waals surface area contributed by atoms with E-state index in [1.807, 2.05) is 30.3 Å². The van der Waals surface area contributed by atoms with Gasteiger partial charge in [-0.3, -0.25) is 9.59 Å². The minimum Gasteiger partial charge on any atom is -0.493 e. The Kier molecular flexibility index (Phi) is 3.79. The number of H-pyrrole nitrogens is 1. The van der Waals surface area contributed by atoms with Crippen molar-refractivity contribution in [1.82, 2.24) is 9.88 Å². The van der Waals surface area contributed by atoms with Gasteiger partial charge >= 0.3 is 0 Å². The zero-order chi connectivity index (χ0) is 22.2. The highest BCUT2D eigenvalue weighted by Gasteiger charge is 2.67. The van der Waals surface area contributed by atoms with Crippen LogP contribution in [0.4, 0.5) is 0 Å². The Bertz CT molecular complexity index is 1350. The third kappa shape index (κ3) is 2.25. The van der Waals surface area contributed by atoms with Crippen LogP contribution in [0.2, 0.25) is 0 Å². The Morgan fingerprint density at radius 3 is 2.62 bits per heavy atom. The number of nitrogens with one attached hydrogen (secondary N) is 1. The first-order valence-electron chi connectivity index (χ1n) is 10.5. The molecule has 1 saturated carbocycles. The molecular weight excluding hydrogens is 408 g/mol. The Morgan fingerprint density at radius 1 is 1.09 bits per heavy atom. The number of carbonyl (C=O) groups is 2. The lowest BCUT2D eigenvalue weighted by Gasteiger charge is -2.29. The largest absolute Gasteiger partial charge is 0.493 e. The highest BCUT2D eigenvalue weighted by atomic mass is 16.5. The highest BCUT2D eigenvalue weighted by molar-refractivity contribution is 6.10. The monoisotopic (exact) mass is 430 g/mol. The maximum absolute atomic E-state index is 13.6. The van der Waals surface area contributed by atoms with Gasteiger partial charge in [0.25, 0.3) is 5.91 Å². The first kappa shape index (κ1) is 19.0. The van der Waals surface area contributed by atoms with Crippen molar-refractivity contribution < 1.29 is 23.8 Å². The molecule has 6 rings (SSSR count).